The van der Waals surface area contributed by atoms with E-state index in [0.717, 1.165) is 5.56 Å². The van der Waals surface area contributed by atoms with Crippen molar-refractivity contribution in [2.45, 2.75) is 44.9 Å². The minimum atomic E-state index is -0.872. The van der Waals surface area contributed by atoms with Gasteiger partial charge in [-0.15, -0.1) is 0 Å². The first kappa shape index (κ1) is 18.8. The Kier molecular flexibility index (Phi) is 5.60. The number of carbonyl (C=O) groups excluding carboxylic acids is 2. The quantitative estimate of drug-likeness (QED) is 0.732. The van der Waals surface area contributed by atoms with Gasteiger partial charge in [0, 0.05) is 26.2 Å². The van der Waals surface area contributed by atoms with Crippen LogP contribution in [0.4, 0.5) is 0 Å². The van der Waals surface area contributed by atoms with Gasteiger partial charge in [0.25, 0.3) is 0 Å². The molecule has 0 aromatic heterocycles. The fourth-order valence-electron chi connectivity index (χ4n) is 3.89. The molecule has 2 fully saturated rings. The smallest absolute Gasteiger partial charge is 0.304 e. The number of fused-ring (bicyclic) bond motifs is 1. The predicted octanol–water partition coefficient (Wildman–Crippen LogP) is 1.42. The van der Waals surface area contributed by atoms with Crippen LogP contribution in [0.15, 0.2) is 30.3 Å². The third-order valence-corrected chi connectivity index (χ3v) is 5.04. The van der Waals surface area contributed by atoms with Crippen LogP contribution in [0.3, 0.4) is 0 Å². The molecule has 0 bridgehead atoms. The van der Waals surface area contributed by atoms with E-state index in [2.05, 4.69) is 0 Å². The topological polar surface area (TPSA) is 91.3 Å². The van der Waals surface area contributed by atoms with Crippen LogP contribution in [-0.2, 0) is 35.1 Å². The monoisotopic (exact) mass is 364 g/mol. The van der Waals surface area contributed by atoms with Gasteiger partial charge in [-0.3, -0.25) is 9.59 Å². The Morgan fingerprint density at radius 3 is 2.58 bits per heavy atom. The van der Waals surface area contributed by atoms with Crippen molar-refractivity contribution in [3.05, 3.63) is 35.9 Å². The maximum Gasteiger partial charge on any atom is 0.304 e. The zero-order chi connectivity index (χ0) is 18.7. The maximum atomic E-state index is 11.4. The van der Waals surface area contributed by atoms with Gasteiger partial charge in [-0.25, -0.2) is 0 Å². The molecule has 142 valence electrons. The fraction of sp³-hybridized carbons (Fsp3) is 0.579. The van der Waals surface area contributed by atoms with E-state index in [1.165, 1.54) is 13.8 Å². The molecule has 2 aliphatic rings. The molecule has 0 amide bonds. The summed E-state index contributed by atoms with van der Waals surface area (Å²) in [5.41, 5.74) is 0.251. The van der Waals surface area contributed by atoms with Crippen molar-refractivity contribution in [2.24, 2.45) is 11.8 Å². The summed E-state index contributed by atoms with van der Waals surface area (Å²) in [5, 5.41) is 9.83. The zero-order valence-corrected chi connectivity index (χ0v) is 14.9. The number of aliphatic hydroxyl groups excluding tert-OH is 1. The number of benzene rings is 1. The second-order valence-electron chi connectivity index (χ2n) is 6.85. The molecule has 7 nitrogen and oxygen atoms in total. The summed E-state index contributed by atoms with van der Waals surface area (Å²) in [5.74, 6) is -1.55. The van der Waals surface area contributed by atoms with Crippen LogP contribution in [0.2, 0.25) is 0 Å². The molecular weight excluding hydrogens is 340 g/mol. The summed E-state index contributed by atoms with van der Waals surface area (Å²) in [6, 6.07) is 9.77. The Bertz CT molecular complexity index is 647. The van der Waals surface area contributed by atoms with E-state index in [1.807, 2.05) is 30.3 Å². The minimum Gasteiger partial charge on any atom is -0.463 e. The van der Waals surface area contributed by atoms with E-state index in [1.54, 1.807) is 0 Å². The van der Waals surface area contributed by atoms with Crippen molar-refractivity contribution < 1.29 is 33.6 Å². The highest BCUT2D eigenvalue weighted by molar-refractivity contribution is 5.66. The van der Waals surface area contributed by atoms with Gasteiger partial charge in [0.1, 0.15) is 12.2 Å². The van der Waals surface area contributed by atoms with Gasteiger partial charge in [-0.05, 0) is 5.56 Å². The largest absolute Gasteiger partial charge is 0.463 e. The second kappa shape index (κ2) is 7.73. The first-order valence-electron chi connectivity index (χ1n) is 8.70. The van der Waals surface area contributed by atoms with E-state index in [9.17, 15) is 14.7 Å². The summed E-state index contributed by atoms with van der Waals surface area (Å²) in [6.45, 7) is 2.89. The van der Waals surface area contributed by atoms with Crippen molar-refractivity contribution >= 4 is 11.9 Å². The van der Waals surface area contributed by atoms with Crippen molar-refractivity contribution in [3.63, 3.8) is 0 Å². The fourth-order valence-corrected chi connectivity index (χ4v) is 3.89. The van der Waals surface area contributed by atoms with Crippen LogP contribution in [0, 0.1) is 11.8 Å². The molecule has 26 heavy (non-hydrogen) atoms. The summed E-state index contributed by atoms with van der Waals surface area (Å²) in [6.07, 6.45) is -0.543. The summed E-state index contributed by atoms with van der Waals surface area (Å²) >= 11 is 0. The lowest BCUT2D eigenvalue weighted by Crippen LogP contribution is -2.60. The van der Waals surface area contributed by atoms with Crippen LogP contribution >= 0.6 is 0 Å². The lowest BCUT2D eigenvalue weighted by Gasteiger charge is -2.49. The highest BCUT2D eigenvalue weighted by Crippen LogP contribution is 2.55. The Labute approximate surface area is 152 Å². The van der Waals surface area contributed by atoms with Crippen LogP contribution in [0.25, 0.3) is 0 Å². The number of aliphatic hydroxyl groups is 1. The van der Waals surface area contributed by atoms with Crippen LogP contribution in [-0.4, -0.2) is 48.3 Å². The van der Waals surface area contributed by atoms with E-state index in [0.29, 0.717) is 13.0 Å². The number of rotatable bonds is 7. The molecule has 1 heterocycles. The molecule has 1 saturated carbocycles. The molecule has 1 saturated heterocycles. The number of hydrogen-bond acceptors (Lipinski definition) is 7. The predicted molar refractivity (Wildman–Crippen MR) is 89.7 cm³/mol. The van der Waals surface area contributed by atoms with Gasteiger partial charge in [-0.2, -0.15) is 0 Å². The average Bonchev–Trinajstić information content (AvgIpc) is 2.82. The molecule has 1 aromatic rings. The lowest BCUT2D eigenvalue weighted by molar-refractivity contribution is -0.238. The minimum absolute atomic E-state index is 0.0481. The van der Waals surface area contributed by atoms with Gasteiger partial charge < -0.3 is 24.1 Å². The van der Waals surface area contributed by atoms with E-state index < -0.39 is 29.7 Å². The normalized spacial score (nSPS) is 32.4. The third kappa shape index (κ3) is 3.75. The van der Waals surface area contributed by atoms with E-state index >= 15 is 0 Å². The molecule has 3 unspecified atom stereocenters. The Balaban J connectivity index is 1.71. The molecule has 1 aliphatic heterocycles. The van der Waals surface area contributed by atoms with Crippen molar-refractivity contribution in [3.8, 4) is 0 Å². The molecule has 1 N–H and O–H groups in total. The van der Waals surface area contributed by atoms with Crippen molar-refractivity contribution in [1.29, 1.82) is 0 Å². The van der Waals surface area contributed by atoms with Crippen LogP contribution < -0.4 is 0 Å². The summed E-state index contributed by atoms with van der Waals surface area (Å²) < 4.78 is 22.3. The molecule has 5 atom stereocenters. The summed E-state index contributed by atoms with van der Waals surface area (Å²) in [7, 11) is 0. The first-order valence-corrected chi connectivity index (χ1v) is 8.70. The Morgan fingerprint density at radius 1 is 1.23 bits per heavy atom. The SMILES string of the molecule is CC(=O)OC[C@]12CC(OCc3ccccc3)C1C(CO)[C@H](OC(C)=O)O2. The van der Waals surface area contributed by atoms with Gasteiger partial charge in [0.05, 0.1) is 25.2 Å². The average molecular weight is 364 g/mol. The zero-order valence-electron chi connectivity index (χ0n) is 14.9. The Hall–Kier alpha value is -1.96. The van der Waals surface area contributed by atoms with Gasteiger partial charge in [-0.1, -0.05) is 30.3 Å². The molecule has 1 aromatic carbocycles. The maximum absolute atomic E-state index is 11.4. The van der Waals surface area contributed by atoms with Gasteiger partial charge in [0.2, 0.25) is 6.29 Å². The molecule has 7 heteroatoms. The third-order valence-electron chi connectivity index (χ3n) is 5.04. The summed E-state index contributed by atoms with van der Waals surface area (Å²) in [4.78, 5) is 22.6. The van der Waals surface area contributed by atoms with E-state index in [-0.39, 0.29) is 25.2 Å². The molecule has 0 spiro atoms. The first-order chi connectivity index (χ1) is 12.4. The van der Waals surface area contributed by atoms with Crippen LogP contribution in [0.5, 0.6) is 0 Å². The second-order valence-corrected chi connectivity index (χ2v) is 6.85. The number of ether oxygens (including phenoxy) is 4. The highest BCUT2D eigenvalue weighted by atomic mass is 16.7. The van der Waals surface area contributed by atoms with Crippen molar-refractivity contribution in [2.75, 3.05) is 13.2 Å². The van der Waals surface area contributed by atoms with Crippen molar-refractivity contribution in [1.82, 2.24) is 0 Å². The molecule has 1 aliphatic carbocycles. The number of hydrogen-bond donors (Lipinski definition) is 1. The van der Waals surface area contributed by atoms with Crippen LogP contribution in [0.1, 0.15) is 25.8 Å². The standard InChI is InChI=1S/C19H24O7/c1-12(21)24-11-19-8-16(23-10-14-6-4-3-5-7-14)17(19)15(9-20)18(26-19)25-13(2)22/h3-7,15-18,20H,8-11H2,1-2H3/t15?,16?,17?,18-,19-/m1/s1. The van der Waals surface area contributed by atoms with Gasteiger partial charge in [0.15, 0.2) is 0 Å². The number of esters is 2. The highest BCUT2D eigenvalue weighted by Gasteiger charge is 2.67. The number of carbonyl (C=O) groups is 2. The lowest BCUT2D eigenvalue weighted by atomic mass is 9.63. The van der Waals surface area contributed by atoms with Gasteiger partial charge >= 0.3 is 11.9 Å². The van der Waals surface area contributed by atoms with E-state index in [4.69, 9.17) is 18.9 Å². The molecular formula is C19H24O7. The molecule has 0 radical (unpaired) electrons. The Morgan fingerprint density at radius 2 is 1.96 bits per heavy atom. The molecule has 3 rings (SSSR count).